The fraction of sp³-hybridized carbons (Fsp3) is 0.320. The number of carbonyl (C=O) groups is 1. The van der Waals surface area contributed by atoms with E-state index in [0.717, 1.165) is 4.88 Å². The number of ether oxygens (including phenoxy) is 1. The predicted octanol–water partition coefficient (Wildman–Crippen LogP) is 4.89. The van der Waals surface area contributed by atoms with Crippen molar-refractivity contribution in [3.63, 3.8) is 0 Å². The molecule has 1 aliphatic rings. The van der Waals surface area contributed by atoms with E-state index >= 15 is 0 Å². The monoisotopic (exact) mass is 588 g/mol. The smallest absolute Gasteiger partial charge is 0.294 e. The number of halogens is 2. The van der Waals surface area contributed by atoms with Crippen LogP contribution in [0.3, 0.4) is 0 Å². The second-order valence-corrected chi connectivity index (χ2v) is 10.2. The lowest BCUT2D eigenvalue weighted by Crippen LogP contribution is -2.48. The number of hydrogen-bond acceptors (Lipinski definition) is 9. The summed E-state index contributed by atoms with van der Waals surface area (Å²) in [5.74, 6) is 6.05. The van der Waals surface area contributed by atoms with E-state index < -0.39 is 17.1 Å². The lowest BCUT2D eigenvalue weighted by Gasteiger charge is -2.30. The van der Waals surface area contributed by atoms with Gasteiger partial charge in [0.15, 0.2) is 11.5 Å². The molecular formula is C25H22Cl2N6O5S. The molecule has 0 aliphatic carbocycles. The number of hydrogen-bond donors (Lipinski definition) is 1. The highest BCUT2D eigenvalue weighted by Gasteiger charge is 2.29. The zero-order valence-corrected chi connectivity index (χ0v) is 23.0. The van der Waals surface area contributed by atoms with Crippen molar-refractivity contribution in [1.29, 1.82) is 5.26 Å². The molecule has 1 aromatic carbocycles. The van der Waals surface area contributed by atoms with Gasteiger partial charge in [-0.3, -0.25) is 14.8 Å². The third kappa shape index (κ3) is 6.80. The highest BCUT2D eigenvalue weighted by atomic mass is 35.5. The van der Waals surface area contributed by atoms with Gasteiger partial charge in [-0.1, -0.05) is 35.0 Å². The van der Waals surface area contributed by atoms with Gasteiger partial charge in [0.25, 0.3) is 11.0 Å². The zero-order valence-electron chi connectivity index (χ0n) is 20.6. The lowest BCUT2D eigenvalue weighted by molar-refractivity contribution is -0.769. The average Bonchev–Trinajstić information content (AvgIpc) is 3.52. The highest BCUT2D eigenvalue weighted by Crippen LogP contribution is 2.38. The molecule has 11 nitrogen and oxygen atoms in total. The Morgan fingerprint density at radius 3 is 2.72 bits per heavy atom. The van der Waals surface area contributed by atoms with Crippen molar-refractivity contribution in [2.24, 2.45) is 0 Å². The summed E-state index contributed by atoms with van der Waals surface area (Å²) in [6, 6.07) is 10.7. The summed E-state index contributed by atoms with van der Waals surface area (Å²) < 4.78 is 7.37. The molecule has 0 radical (unpaired) electrons. The van der Waals surface area contributed by atoms with Gasteiger partial charge in [-0.25, -0.2) is 9.99 Å². The van der Waals surface area contributed by atoms with E-state index in [0.29, 0.717) is 65.2 Å². The number of hydrazine groups is 1. The normalized spacial score (nSPS) is 13.7. The number of nitriles is 1. The first-order chi connectivity index (χ1) is 18.8. The Morgan fingerprint density at radius 2 is 2.05 bits per heavy atom. The molecule has 39 heavy (non-hydrogen) atoms. The lowest BCUT2D eigenvalue weighted by atomic mass is 10.1. The summed E-state index contributed by atoms with van der Waals surface area (Å²) in [4.78, 5) is 34.0. The molecule has 1 amide bonds. The maximum Gasteiger partial charge on any atom is 0.294 e. The van der Waals surface area contributed by atoms with Crippen LogP contribution in [0.15, 0.2) is 30.3 Å². The Morgan fingerprint density at radius 1 is 1.28 bits per heavy atom. The minimum Gasteiger partial charge on any atom is -0.480 e. The number of benzene rings is 1. The van der Waals surface area contributed by atoms with Crippen LogP contribution in [0.4, 0.5) is 0 Å². The number of imidazole rings is 1. The zero-order chi connectivity index (χ0) is 27.9. The van der Waals surface area contributed by atoms with E-state index in [4.69, 9.17) is 33.2 Å². The molecule has 1 N–H and O–H groups in total. The van der Waals surface area contributed by atoms with Crippen LogP contribution in [0, 0.1) is 33.3 Å². The Hall–Kier alpha value is -3.81. The minimum absolute atomic E-state index is 0.0252. The van der Waals surface area contributed by atoms with E-state index in [1.807, 2.05) is 12.1 Å². The molecule has 14 heteroatoms. The van der Waals surface area contributed by atoms with Crippen LogP contribution in [0.5, 0.6) is 5.88 Å². The third-order valence-electron chi connectivity index (χ3n) is 5.74. The van der Waals surface area contributed by atoms with E-state index in [1.165, 1.54) is 18.4 Å². The number of thiophene rings is 1. The number of piperidine rings is 1. The van der Waals surface area contributed by atoms with E-state index in [1.54, 1.807) is 27.8 Å². The summed E-state index contributed by atoms with van der Waals surface area (Å²) >= 11 is 14.0. The quantitative estimate of drug-likeness (QED) is 0.170. The molecular weight excluding hydrogens is 567 g/mol. The van der Waals surface area contributed by atoms with Gasteiger partial charge < -0.3 is 9.57 Å². The number of methoxy groups -OCH3 is 1. The summed E-state index contributed by atoms with van der Waals surface area (Å²) in [6.45, 7) is 0.726. The standard InChI is InChI=1S/C25H22Cl2N6O5S/c1-37-25-22(24(34)30-31-13-10-17(11-14-31)38-33(35)36)29-23(19-8-6-16(26)15-20(19)27)32(25)21-9-7-18(39-21)5-3-2-4-12-28/h6-9,15,17H,2,4,10-11,13-14H2,1H3,(H,30,34). The van der Waals surface area contributed by atoms with Crippen molar-refractivity contribution >= 4 is 40.4 Å². The molecule has 0 spiro atoms. The molecule has 3 aromatic rings. The maximum absolute atomic E-state index is 13.4. The summed E-state index contributed by atoms with van der Waals surface area (Å²) in [5, 5.41) is 21.7. The van der Waals surface area contributed by atoms with Crippen LogP contribution in [-0.4, -0.2) is 51.9 Å². The Kier molecular flexibility index (Phi) is 9.28. The fourth-order valence-corrected chi connectivity index (χ4v) is 5.35. The van der Waals surface area contributed by atoms with Crippen molar-refractivity contribution in [1.82, 2.24) is 20.0 Å². The number of rotatable bonds is 8. The van der Waals surface area contributed by atoms with Crippen LogP contribution in [0.2, 0.25) is 10.0 Å². The van der Waals surface area contributed by atoms with Crippen molar-refractivity contribution in [3.05, 3.63) is 61.1 Å². The number of nitrogens with zero attached hydrogens (tertiary/aromatic N) is 5. The molecule has 202 valence electrons. The van der Waals surface area contributed by atoms with Gasteiger partial charge in [-0.15, -0.1) is 21.5 Å². The number of nitrogens with one attached hydrogen (secondary N) is 1. The van der Waals surface area contributed by atoms with Gasteiger partial charge in [0.2, 0.25) is 5.88 Å². The molecule has 0 atom stereocenters. The Labute approximate surface area is 237 Å². The van der Waals surface area contributed by atoms with Crippen molar-refractivity contribution in [3.8, 4) is 40.2 Å². The molecule has 3 heterocycles. The van der Waals surface area contributed by atoms with Gasteiger partial charge in [0.1, 0.15) is 11.1 Å². The van der Waals surface area contributed by atoms with E-state index in [-0.39, 0.29) is 11.6 Å². The first-order valence-electron chi connectivity index (χ1n) is 11.8. The van der Waals surface area contributed by atoms with E-state index in [9.17, 15) is 14.9 Å². The average molecular weight is 589 g/mol. The molecule has 1 saturated heterocycles. The number of amides is 1. The SMILES string of the molecule is COc1c(C(=O)NN2CCC(O[N+](=O)[O-])CC2)nc(-c2ccc(Cl)cc2Cl)n1-c1ccc(C#CCCC#N)s1. The molecule has 0 unspecified atom stereocenters. The maximum atomic E-state index is 13.4. The summed E-state index contributed by atoms with van der Waals surface area (Å²) in [5.41, 5.74) is 3.37. The third-order valence-corrected chi connectivity index (χ3v) is 7.27. The Balaban J connectivity index is 1.68. The first-order valence-corrected chi connectivity index (χ1v) is 13.3. The van der Waals surface area contributed by atoms with Crippen molar-refractivity contribution in [2.45, 2.75) is 31.8 Å². The molecule has 1 fully saturated rings. The predicted molar refractivity (Wildman–Crippen MR) is 145 cm³/mol. The van der Waals surface area contributed by atoms with Gasteiger partial charge in [0, 0.05) is 36.5 Å². The topological polar surface area (TPSA) is 136 Å². The number of unbranched alkanes of at least 4 members (excludes halogenated alkanes) is 1. The fourth-order valence-electron chi connectivity index (χ4n) is 3.97. The largest absolute Gasteiger partial charge is 0.480 e. The van der Waals surface area contributed by atoms with Crippen LogP contribution in [-0.2, 0) is 4.84 Å². The molecule has 1 aliphatic heterocycles. The second-order valence-electron chi connectivity index (χ2n) is 8.31. The van der Waals surface area contributed by atoms with Crippen LogP contribution in [0.1, 0.15) is 41.0 Å². The molecule has 4 rings (SSSR count). The van der Waals surface area contributed by atoms with Crippen LogP contribution in [0.25, 0.3) is 16.4 Å². The number of aromatic nitrogens is 2. The van der Waals surface area contributed by atoms with Gasteiger partial charge in [-0.2, -0.15) is 5.26 Å². The van der Waals surface area contributed by atoms with E-state index in [2.05, 4.69) is 33.2 Å². The van der Waals surface area contributed by atoms with Gasteiger partial charge >= 0.3 is 0 Å². The van der Waals surface area contributed by atoms with Crippen molar-refractivity contribution < 1.29 is 19.5 Å². The first kappa shape index (κ1) is 28.2. The molecule has 0 bridgehead atoms. The van der Waals surface area contributed by atoms with Gasteiger partial charge in [-0.05, 0) is 43.2 Å². The van der Waals surface area contributed by atoms with Gasteiger partial charge in [0.05, 0.1) is 23.1 Å². The summed E-state index contributed by atoms with van der Waals surface area (Å²) in [7, 11) is 1.44. The van der Waals surface area contributed by atoms with Crippen LogP contribution >= 0.6 is 34.5 Å². The van der Waals surface area contributed by atoms with Crippen molar-refractivity contribution in [2.75, 3.05) is 20.2 Å². The Bertz CT molecular complexity index is 1480. The molecule has 2 aromatic heterocycles. The summed E-state index contributed by atoms with van der Waals surface area (Å²) in [6.07, 6.45) is 1.05. The molecule has 0 saturated carbocycles. The van der Waals surface area contributed by atoms with Crippen LogP contribution < -0.4 is 10.2 Å². The minimum atomic E-state index is -0.798. The highest BCUT2D eigenvalue weighted by molar-refractivity contribution is 7.15. The second kappa shape index (κ2) is 12.8. The number of carbonyl (C=O) groups excluding carboxylic acids is 1.